The van der Waals surface area contributed by atoms with Gasteiger partial charge in [0.25, 0.3) is 0 Å². The first kappa shape index (κ1) is 17.6. The standard InChI is InChI=1S/C18H32N2O2S/c1-14-2-4-16(5-3-14)22-17-6-9-20(10-7-17)18(21)12-15-13-23-11-8-19-15/h14-17,19H,2-13H2,1H3. The maximum atomic E-state index is 12.4. The van der Waals surface area contributed by atoms with E-state index in [9.17, 15) is 4.79 Å². The number of thioether (sulfide) groups is 1. The van der Waals surface area contributed by atoms with Crippen molar-refractivity contribution in [3.8, 4) is 0 Å². The number of nitrogens with one attached hydrogen (secondary N) is 1. The molecule has 0 bridgehead atoms. The third-order valence-corrected chi connectivity index (χ3v) is 6.69. The number of hydrogen-bond acceptors (Lipinski definition) is 4. The Hall–Kier alpha value is -0.260. The van der Waals surface area contributed by atoms with Crippen LogP contribution in [0.25, 0.3) is 0 Å². The Kier molecular flexibility index (Phi) is 6.66. The second-order valence-corrected chi connectivity index (χ2v) is 8.68. The van der Waals surface area contributed by atoms with Crippen LogP contribution in [0.15, 0.2) is 0 Å². The first-order valence-corrected chi connectivity index (χ1v) is 10.6. The molecular weight excluding hydrogens is 308 g/mol. The number of hydrogen-bond donors (Lipinski definition) is 1. The maximum absolute atomic E-state index is 12.4. The summed E-state index contributed by atoms with van der Waals surface area (Å²) in [6.45, 7) is 5.15. The van der Waals surface area contributed by atoms with Gasteiger partial charge in [0.05, 0.1) is 12.2 Å². The maximum Gasteiger partial charge on any atom is 0.224 e. The lowest BCUT2D eigenvalue weighted by Gasteiger charge is -2.36. The van der Waals surface area contributed by atoms with Crippen LogP contribution >= 0.6 is 11.8 Å². The van der Waals surface area contributed by atoms with Crippen LogP contribution in [0.2, 0.25) is 0 Å². The molecule has 0 aromatic heterocycles. The SMILES string of the molecule is CC1CCC(OC2CCN(C(=O)CC3CSCCN3)CC2)CC1. The molecule has 1 aliphatic carbocycles. The molecule has 23 heavy (non-hydrogen) atoms. The van der Waals surface area contributed by atoms with E-state index in [-0.39, 0.29) is 0 Å². The van der Waals surface area contributed by atoms with Crippen LogP contribution in [0.3, 0.4) is 0 Å². The van der Waals surface area contributed by atoms with Gasteiger partial charge in [-0.25, -0.2) is 0 Å². The molecule has 0 aromatic carbocycles. The Morgan fingerprint density at radius 1 is 1.13 bits per heavy atom. The molecule has 2 saturated heterocycles. The van der Waals surface area contributed by atoms with Gasteiger partial charge in [-0.1, -0.05) is 6.92 Å². The lowest BCUT2D eigenvalue weighted by Crippen LogP contribution is -2.46. The van der Waals surface area contributed by atoms with Gasteiger partial charge in [-0.05, 0) is 44.4 Å². The van der Waals surface area contributed by atoms with E-state index >= 15 is 0 Å². The second-order valence-electron chi connectivity index (χ2n) is 7.53. The van der Waals surface area contributed by atoms with Crippen molar-refractivity contribution in [3.63, 3.8) is 0 Å². The summed E-state index contributed by atoms with van der Waals surface area (Å²) in [7, 11) is 0. The fraction of sp³-hybridized carbons (Fsp3) is 0.944. The quantitative estimate of drug-likeness (QED) is 0.854. The van der Waals surface area contributed by atoms with Crippen LogP contribution in [0.4, 0.5) is 0 Å². The van der Waals surface area contributed by atoms with Crippen LogP contribution in [0, 0.1) is 5.92 Å². The Labute approximate surface area is 145 Å². The van der Waals surface area contributed by atoms with Crippen LogP contribution < -0.4 is 5.32 Å². The topological polar surface area (TPSA) is 41.6 Å². The van der Waals surface area contributed by atoms with Crippen molar-refractivity contribution in [2.75, 3.05) is 31.1 Å². The van der Waals surface area contributed by atoms with E-state index < -0.39 is 0 Å². The van der Waals surface area contributed by atoms with E-state index in [0.29, 0.717) is 30.6 Å². The fourth-order valence-corrected chi connectivity index (χ4v) is 4.92. The summed E-state index contributed by atoms with van der Waals surface area (Å²) >= 11 is 1.96. The summed E-state index contributed by atoms with van der Waals surface area (Å²) in [5, 5.41) is 3.46. The number of carbonyl (C=O) groups is 1. The molecule has 1 saturated carbocycles. The molecule has 1 atom stereocenters. The largest absolute Gasteiger partial charge is 0.375 e. The minimum atomic E-state index is 0.329. The molecule has 2 heterocycles. The van der Waals surface area contributed by atoms with Gasteiger partial charge in [0.1, 0.15) is 0 Å². The van der Waals surface area contributed by atoms with Gasteiger partial charge in [0.15, 0.2) is 0 Å². The highest BCUT2D eigenvalue weighted by Gasteiger charge is 2.28. The smallest absolute Gasteiger partial charge is 0.224 e. The number of nitrogens with zero attached hydrogens (tertiary/aromatic N) is 1. The first-order chi connectivity index (χ1) is 11.2. The number of likely N-dealkylation sites (tertiary alicyclic amines) is 1. The Morgan fingerprint density at radius 2 is 1.83 bits per heavy atom. The number of carbonyl (C=O) groups excluding carboxylic acids is 1. The second kappa shape index (κ2) is 8.72. The summed E-state index contributed by atoms with van der Waals surface area (Å²) in [5.41, 5.74) is 0. The highest BCUT2D eigenvalue weighted by molar-refractivity contribution is 7.99. The minimum absolute atomic E-state index is 0.329. The molecular formula is C18H32N2O2S. The first-order valence-electron chi connectivity index (χ1n) is 9.45. The zero-order valence-electron chi connectivity index (χ0n) is 14.5. The van der Waals surface area contributed by atoms with Gasteiger partial charge in [-0.2, -0.15) is 11.8 Å². The average Bonchev–Trinajstić information content (AvgIpc) is 2.58. The van der Waals surface area contributed by atoms with Crippen molar-refractivity contribution in [2.45, 2.75) is 70.1 Å². The molecule has 3 fully saturated rings. The Balaban J connectivity index is 1.35. The van der Waals surface area contributed by atoms with E-state index in [0.717, 1.165) is 44.1 Å². The number of ether oxygens (including phenoxy) is 1. The summed E-state index contributed by atoms with van der Waals surface area (Å²) in [6.07, 6.45) is 8.64. The molecule has 2 aliphatic heterocycles. The molecule has 0 spiro atoms. The van der Waals surface area contributed by atoms with Gasteiger partial charge < -0.3 is 15.0 Å². The lowest BCUT2D eigenvalue weighted by molar-refractivity contribution is -0.135. The fourth-order valence-electron chi connectivity index (χ4n) is 3.97. The number of amides is 1. The molecule has 3 aliphatic rings. The van der Waals surface area contributed by atoms with Crippen molar-refractivity contribution in [3.05, 3.63) is 0 Å². The normalized spacial score (nSPS) is 33.6. The van der Waals surface area contributed by atoms with E-state index in [1.807, 2.05) is 11.8 Å². The highest BCUT2D eigenvalue weighted by Crippen LogP contribution is 2.28. The Bertz CT molecular complexity index is 371. The molecule has 3 rings (SSSR count). The molecule has 0 aromatic rings. The molecule has 4 nitrogen and oxygen atoms in total. The molecule has 1 amide bonds. The zero-order chi connectivity index (χ0) is 16.1. The molecule has 1 unspecified atom stereocenters. The van der Waals surface area contributed by atoms with Crippen LogP contribution in [-0.4, -0.2) is 60.2 Å². The summed E-state index contributed by atoms with van der Waals surface area (Å²) < 4.78 is 6.30. The van der Waals surface area contributed by atoms with E-state index in [2.05, 4.69) is 17.1 Å². The van der Waals surface area contributed by atoms with E-state index in [1.165, 1.54) is 31.4 Å². The van der Waals surface area contributed by atoms with Gasteiger partial charge in [-0.3, -0.25) is 4.79 Å². The highest BCUT2D eigenvalue weighted by atomic mass is 32.2. The molecule has 1 N–H and O–H groups in total. The zero-order valence-corrected chi connectivity index (χ0v) is 15.3. The molecule has 0 radical (unpaired) electrons. The van der Waals surface area contributed by atoms with Gasteiger partial charge in [0.2, 0.25) is 5.91 Å². The predicted molar refractivity (Wildman–Crippen MR) is 95.8 cm³/mol. The summed E-state index contributed by atoms with van der Waals surface area (Å²) in [4.78, 5) is 14.5. The van der Waals surface area contributed by atoms with E-state index in [4.69, 9.17) is 4.74 Å². The van der Waals surface area contributed by atoms with Crippen LogP contribution in [0.5, 0.6) is 0 Å². The summed E-state index contributed by atoms with van der Waals surface area (Å²) in [6, 6.07) is 0.374. The predicted octanol–water partition coefficient (Wildman–Crippen LogP) is 2.67. The van der Waals surface area contributed by atoms with Crippen molar-refractivity contribution in [1.29, 1.82) is 0 Å². The van der Waals surface area contributed by atoms with Crippen molar-refractivity contribution in [2.24, 2.45) is 5.92 Å². The molecule has 5 heteroatoms. The van der Waals surface area contributed by atoms with Crippen molar-refractivity contribution >= 4 is 17.7 Å². The van der Waals surface area contributed by atoms with Gasteiger partial charge in [0, 0.05) is 43.6 Å². The number of rotatable bonds is 4. The minimum Gasteiger partial charge on any atom is -0.375 e. The van der Waals surface area contributed by atoms with E-state index in [1.54, 1.807) is 0 Å². The number of piperidine rings is 1. The van der Waals surface area contributed by atoms with Crippen molar-refractivity contribution in [1.82, 2.24) is 10.2 Å². The summed E-state index contributed by atoms with van der Waals surface area (Å²) in [5.74, 6) is 3.45. The monoisotopic (exact) mass is 340 g/mol. The Morgan fingerprint density at radius 3 is 2.48 bits per heavy atom. The lowest BCUT2D eigenvalue weighted by atomic mass is 9.88. The third-order valence-electron chi connectivity index (χ3n) is 5.56. The van der Waals surface area contributed by atoms with Gasteiger partial charge in [-0.15, -0.1) is 0 Å². The molecule has 132 valence electrons. The van der Waals surface area contributed by atoms with Crippen LogP contribution in [-0.2, 0) is 9.53 Å². The van der Waals surface area contributed by atoms with Gasteiger partial charge >= 0.3 is 0 Å². The van der Waals surface area contributed by atoms with Crippen molar-refractivity contribution < 1.29 is 9.53 Å². The average molecular weight is 341 g/mol. The third kappa shape index (κ3) is 5.36. The van der Waals surface area contributed by atoms with Crippen LogP contribution in [0.1, 0.15) is 51.9 Å².